The molecule has 7 heteroatoms. The van der Waals surface area contributed by atoms with Gasteiger partial charge < -0.3 is 5.32 Å². The van der Waals surface area contributed by atoms with Crippen molar-refractivity contribution in [3.05, 3.63) is 52.8 Å². The van der Waals surface area contributed by atoms with E-state index in [0.717, 1.165) is 26.9 Å². The van der Waals surface area contributed by atoms with Gasteiger partial charge in [-0.2, -0.15) is 0 Å². The van der Waals surface area contributed by atoms with Crippen LogP contribution in [0, 0.1) is 20.8 Å². The summed E-state index contributed by atoms with van der Waals surface area (Å²) >= 11 is 2.96. The van der Waals surface area contributed by atoms with Crippen LogP contribution in [0.25, 0.3) is 11.3 Å². The van der Waals surface area contributed by atoms with Gasteiger partial charge in [0.05, 0.1) is 16.6 Å². The number of nitrogens with one attached hydrogen (secondary N) is 1. The van der Waals surface area contributed by atoms with E-state index in [1.165, 1.54) is 23.1 Å². The number of thiazole rings is 1. The summed E-state index contributed by atoms with van der Waals surface area (Å²) in [5.74, 6) is 0.647. The SMILES string of the molecule is CCC(Sc1cc(-c2ccccc2)nc(C)n1)C(=O)Nc1nc(C)c(C)s1. The van der Waals surface area contributed by atoms with E-state index in [1.807, 2.05) is 64.1 Å². The summed E-state index contributed by atoms with van der Waals surface area (Å²) in [6.45, 7) is 7.83. The van der Waals surface area contributed by atoms with Gasteiger partial charge in [-0.05, 0) is 33.3 Å². The summed E-state index contributed by atoms with van der Waals surface area (Å²) in [4.78, 5) is 27.3. The highest BCUT2D eigenvalue weighted by molar-refractivity contribution is 8.00. The zero-order valence-corrected chi connectivity index (χ0v) is 17.4. The van der Waals surface area contributed by atoms with Gasteiger partial charge in [-0.15, -0.1) is 11.3 Å². The maximum absolute atomic E-state index is 12.7. The summed E-state index contributed by atoms with van der Waals surface area (Å²) in [7, 11) is 0. The van der Waals surface area contributed by atoms with Crippen molar-refractivity contribution in [2.45, 2.75) is 44.4 Å². The van der Waals surface area contributed by atoms with Gasteiger partial charge in [0.15, 0.2) is 5.13 Å². The molecule has 1 atom stereocenters. The minimum Gasteiger partial charge on any atom is -0.301 e. The fraction of sp³-hybridized carbons (Fsp3) is 0.300. The van der Waals surface area contributed by atoms with Crippen LogP contribution in [-0.2, 0) is 4.79 Å². The van der Waals surface area contributed by atoms with Gasteiger partial charge in [0.2, 0.25) is 5.91 Å². The average Bonchev–Trinajstić information content (AvgIpc) is 2.97. The maximum atomic E-state index is 12.7. The number of rotatable bonds is 6. The molecule has 0 saturated heterocycles. The molecule has 140 valence electrons. The third-order valence-electron chi connectivity index (χ3n) is 4.07. The fourth-order valence-electron chi connectivity index (χ4n) is 2.54. The van der Waals surface area contributed by atoms with Gasteiger partial charge in [0.25, 0.3) is 0 Å². The van der Waals surface area contributed by atoms with Gasteiger partial charge in [-0.3, -0.25) is 4.79 Å². The monoisotopic (exact) mass is 398 g/mol. The molecule has 0 bridgehead atoms. The minimum atomic E-state index is -0.243. The Morgan fingerprint density at radius 2 is 1.89 bits per heavy atom. The number of carbonyl (C=O) groups excluding carboxylic acids is 1. The molecule has 1 aromatic carbocycles. The van der Waals surface area contributed by atoms with Crippen LogP contribution in [0.15, 0.2) is 41.4 Å². The van der Waals surface area contributed by atoms with Crippen LogP contribution >= 0.6 is 23.1 Å². The van der Waals surface area contributed by atoms with Gasteiger partial charge >= 0.3 is 0 Å². The summed E-state index contributed by atoms with van der Waals surface area (Å²) in [5, 5.41) is 4.15. The number of thioether (sulfide) groups is 1. The first-order chi connectivity index (χ1) is 13.0. The summed E-state index contributed by atoms with van der Waals surface area (Å²) in [6, 6.07) is 11.9. The Morgan fingerprint density at radius 3 is 2.52 bits per heavy atom. The van der Waals surface area contributed by atoms with Crippen LogP contribution in [0.5, 0.6) is 0 Å². The van der Waals surface area contributed by atoms with E-state index in [-0.39, 0.29) is 11.2 Å². The third kappa shape index (κ3) is 4.93. The van der Waals surface area contributed by atoms with Gasteiger partial charge in [0.1, 0.15) is 10.9 Å². The maximum Gasteiger partial charge on any atom is 0.239 e. The normalized spacial score (nSPS) is 12.0. The molecule has 2 aromatic heterocycles. The molecule has 3 aromatic rings. The average molecular weight is 399 g/mol. The quantitative estimate of drug-likeness (QED) is 0.466. The van der Waals surface area contributed by atoms with Crippen molar-refractivity contribution in [2.75, 3.05) is 5.32 Å². The number of benzene rings is 1. The lowest BCUT2D eigenvalue weighted by molar-refractivity contribution is -0.115. The number of nitrogens with zero attached hydrogens (tertiary/aromatic N) is 3. The van der Waals surface area contributed by atoms with Gasteiger partial charge in [-0.1, -0.05) is 49.0 Å². The molecular formula is C20H22N4OS2. The van der Waals surface area contributed by atoms with Crippen LogP contribution in [0.4, 0.5) is 5.13 Å². The highest BCUT2D eigenvalue weighted by Gasteiger charge is 2.21. The highest BCUT2D eigenvalue weighted by Crippen LogP contribution is 2.29. The Morgan fingerprint density at radius 1 is 1.15 bits per heavy atom. The van der Waals surface area contributed by atoms with E-state index in [1.54, 1.807) is 0 Å². The van der Waals surface area contributed by atoms with Crippen LogP contribution in [-0.4, -0.2) is 26.1 Å². The van der Waals surface area contributed by atoms with E-state index >= 15 is 0 Å². The summed E-state index contributed by atoms with van der Waals surface area (Å²) in [5.41, 5.74) is 2.86. The number of aromatic nitrogens is 3. The Balaban J connectivity index is 1.77. The Hall–Kier alpha value is -2.25. The molecule has 1 amide bonds. The van der Waals surface area contributed by atoms with E-state index < -0.39 is 0 Å². The molecule has 5 nitrogen and oxygen atoms in total. The van der Waals surface area contributed by atoms with Crippen LogP contribution < -0.4 is 5.32 Å². The second-order valence-corrected chi connectivity index (χ2v) is 8.60. The molecule has 0 radical (unpaired) electrons. The second kappa shape index (κ2) is 8.63. The van der Waals surface area contributed by atoms with E-state index in [4.69, 9.17) is 0 Å². The second-order valence-electron chi connectivity index (χ2n) is 6.17. The van der Waals surface area contributed by atoms with Crippen LogP contribution in [0.3, 0.4) is 0 Å². The van der Waals surface area contributed by atoms with E-state index in [2.05, 4.69) is 20.3 Å². The number of amides is 1. The summed E-state index contributed by atoms with van der Waals surface area (Å²) in [6.07, 6.45) is 0.698. The number of aryl methyl sites for hydroxylation is 3. The molecule has 3 rings (SSSR count). The predicted molar refractivity (Wildman–Crippen MR) is 112 cm³/mol. The molecule has 0 aliphatic heterocycles. The van der Waals surface area contributed by atoms with Gasteiger partial charge in [0, 0.05) is 10.4 Å². The number of anilines is 1. The largest absolute Gasteiger partial charge is 0.301 e. The molecule has 0 aliphatic carbocycles. The molecule has 0 spiro atoms. The minimum absolute atomic E-state index is 0.0474. The topological polar surface area (TPSA) is 67.8 Å². The van der Waals surface area contributed by atoms with Crippen molar-refractivity contribution < 1.29 is 4.79 Å². The van der Waals surface area contributed by atoms with Gasteiger partial charge in [-0.25, -0.2) is 15.0 Å². The number of hydrogen-bond donors (Lipinski definition) is 1. The van der Waals surface area contributed by atoms with Crippen molar-refractivity contribution in [1.82, 2.24) is 15.0 Å². The van der Waals surface area contributed by atoms with Crippen molar-refractivity contribution >= 4 is 34.1 Å². The molecule has 0 aliphatic rings. The summed E-state index contributed by atoms with van der Waals surface area (Å²) < 4.78 is 0. The lowest BCUT2D eigenvalue weighted by Gasteiger charge is -2.14. The molecule has 0 saturated carbocycles. The lowest BCUT2D eigenvalue weighted by atomic mass is 10.1. The van der Waals surface area contributed by atoms with Crippen molar-refractivity contribution in [1.29, 1.82) is 0 Å². The first-order valence-corrected chi connectivity index (χ1v) is 10.5. The van der Waals surface area contributed by atoms with E-state index in [9.17, 15) is 4.79 Å². The molecular weight excluding hydrogens is 376 g/mol. The highest BCUT2D eigenvalue weighted by atomic mass is 32.2. The lowest BCUT2D eigenvalue weighted by Crippen LogP contribution is -2.24. The number of hydrogen-bond acceptors (Lipinski definition) is 6. The third-order valence-corrected chi connectivity index (χ3v) is 6.34. The molecule has 27 heavy (non-hydrogen) atoms. The zero-order chi connectivity index (χ0) is 19.4. The standard InChI is InChI=1S/C20H22N4OS2/c1-5-17(19(25)24-20-21-12(2)13(3)26-20)27-18-11-16(22-14(4)23-18)15-9-7-6-8-10-15/h6-11,17H,5H2,1-4H3,(H,21,24,25). The van der Waals surface area contributed by atoms with E-state index in [0.29, 0.717) is 17.4 Å². The smallest absolute Gasteiger partial charge is 0.239 e. The molecule has 1 N–H and O–H groups in total. The first-order valence-electron chi connectivity index (χ1n) is 8.79. The van der Waals surface area contributed by atoms with Crippen LogP contribution in [0.1, 0.15) is 29.7 Å². The Bertz CT molecular complexity index is 921. The zero-order valence-electron chi connectivity index (χ0n) is 15.8. The Labute approximate surface area is 167 Å². The molecule has 2 heterocycles. The molecule has 0 fully saturated rings. The molecule has 1 unspecified atom stereocenters. The first kappa shape index (κ1) is 19.5. The predicted octanol–water partition coefficient (Wildman–Crippen LogP) is 5.03. The Kier molecular flexibility index (Phi) is 6.23. The number of carbonyl (C=O) groups is 1. The van der Waals surface area contributed by atoms with Crippen molar-refractivity contribution in [2.24, 2.45) is 0 Å². The fourth-order valence-corrected chi connectivity index (χ4v) is 4.34. The van der Waals surface area contributed by atoms with Crippen LogP contribution in [0.2, 0.25) is 0 Å². The van der Waals surface area contributed by atoms with Crippen molar-refractivity contribution in [3.63, 3.8) is 0 Å². The van der Waals surface area contributed by atoms with Crippen molar-refractivity contribution in [3.8, 4) is 11.3 Å².